The Hall–Kier alpha value is -3.30. The topological polar surface area (TPSA) is 59.6 Å². The van der Waals surface area contributed by atoms with E-state index in [1.54, 1.807) is 0 Å². The van der Waals surface area contributed by atoms with E-state index in [2.05, 4.69) is 29.6 Å². The van der Waals surface area contributed by atoms with Gasteiger partial charge < -0.3 is 5.32 Å². The molecule has 0 saturated heterocycles. The smallest absolute Gasteiger partial charge is 0.0975 e. The zero-order valence-corrected chi connectivity index (χ0v) is 13.7. The first kappa shape index (κ1) is 15.6. The first-order valence-corrected chi connectivity index (χ1v) is 7.80. The Balaban J connectivity index is 2.05. The molecule has 24 heavy (non-hydrogen) atoms. The van der Waals surface area contributed by atoms with Crippen LogP contribution in [0.3, 0.4) is 0 Å². The summed E-state index contributed by atoms with van der Waals surface area (Å²) in [6, 6.07) is 22.8. The Morgan fingerprint density at radius 2 is 1.25 bits per heavy atom. The third-order valence-corrected chi connectivity index (χ3v) is 4.35. The summed E-state index contributed by atoms with van der Waals surface area (Å²) in [4.78, 5) is 0. The molecule has 0 aliphatic carbocycles. The molecular formula is C21H17N3. The number of allylic oxidation sites excluding steroid dienone is 4. The molecule has 2 aromatic rings. The molecule has 0 fully saturated rings. The molecule has 1 aliphatic heterocycles. The number of nitrogens with zero attached hydrogens (tertiary/aromatic N) is 2. The summed E-state index contributed by atoms with van der Waals surface area (Å²) in [6.45, 7) is 3.75. The van der Waals surface area contributed by atoms with Gasteiger partial charge in [-0.2, -0.15) is 10.5 Å². The first-order chi connectivity index (χ1) is 11.7. The van der Waals surface area contributed by atoms with Crippen LogP contribution in [0.25, 0.3) is 11.1 Å². The van der Waals surface area contributed by atoms with Crippen molar-refractivity contribution in [2.45, 2.75) is 19.8 Å². The van der Waals surface area contributed by atoms with Crippen molar-refractivity contribution < 1.29 is 0 Å². The molecule has 3 nitrogen and oxygen atoms in total. The van der Waals surface area contributed by atoms with Gasteiger partial charge in [0.25, 0.3) is 0 Å². The maximum Gasteiger partial charge on any atom is 0.0975 e. The van der Waals surface area contributed by atoms with Gasteiger partial charge in [-0.15, -0.1) is 0 Å². The highest BCUT2D eigenvalue weighted by Gasteiger charge is 2.29. The molecule has 0 unspecified atom stereocenters. The van der Waals surface area contributed by atoms with Gasteiger partial charge in [-0.1, -0.05) is 54.6 Å². The van der Waals surface area contributed by atoms with Gasteiger partial charge in [0.2, 0.25) is 0 Å². The Bertz CT molecular complexity index is 868. The number of rotatable bonds is 2. The molecule has 116 valence electrons. The van der Waals surface area contributed by atoms with Crippen molar-refractivity contribution in [2.24, 2.45) is 0 Å². The zero-order valence-electron chi connectivity index (χ0n) is 13.7. The fourth-order valence-corrected chi connectivity index (χ4v) is 3.12. The van der Waals surface area contributed by atoms with E-state index in [-0.39, 0.29) is 5.92 Å². The lowest BCUT2D eigenvalue weighted by molar-refractivity contribution is 0.814. The van der Waals surface area contributed by atoms with E-state index >= 15 is 0 Å². The van der Waals surface area contributed by atoms with Gasteiger partial charge in [0.1, 0.15) is 0 Å². The van der Waals surface area contributed by atoms with Crippen LogP contribution in [0.4, 0.5) is 0 Å². The fraction of sp³-hybridized carbons (Fsp3) is 0.143. The maximum atomic E-state index is 9.55. The summed E-state index contributed by atoms with van der Waals surface area (Å²) in [5, 5.41) is 22.2. The minimum absolute atomic E-state index is 0.300. The Kier molecular flexibility index (Phi) is 4.18. The van der Waals surface area contributed by atoms with Gasteiger partial charge in [0.05, 0.1) is 29.2 Å². The van der Waals surface area contributed by atoms with E-state index in [1.807, 2.05) is 56.3 Å². The van der Waals surface area contributed by atoms with Gasteiger partial charge in [0, 0.05) is 11.4 Å². The van der Waals surface area contributed by atoms with Gasteiger partial charge in [-0.05, 0) is 30.5 Å². The molecule has 1 N–H and O–H groups in total. The molecule has 0 amide bonds. The number of benzene rings is 2. The minimum Gasteiger partial charge on any atom is -0.361 e. The monoisotopic (exact) mass is 311 g/mol. The van der Waals surface area contributed by atoms with Gasteiger partial charge in [-0.3, -0.25) is 0 Å². The predicted octanol–water partition coefficient (Wildman–Crippen LogP) is 4.64. The molecule has 0 bridgehead atoms. The lowest BCUT2D eigenvalue weighted by atomic mass is 9.81. The highest BCUT2D eigenvalue weighted by molar-refractivity contribution is 5.65. The molecule has 0 atom stereocenters. The van der Waals surface area contributed by atoms with Crippen molar-refractivity contribution in [2.75, 3.05) is 0 Å². The van der Waals surface area contributed by atoms with E-state index in [0.717, 1.165) is 28.1 Å². The Morgan fingerprint density at radius 3 is 1.75 bits per heavy atom. The number of nitrogens with one attached hydrogen (secondary N) is 1. The molecule has 2 aromatic carbocycles. The summed E-state index contributed by atoms with van der Waals surface area (Å²) in [7, 11) is 0. The fourth-order valence-electron chi connectivity index (χ4n) is 3.12. The summed E-state index contributed by atoms with van der Waals surface area (Å²) in [5.41, 5.74) is 6.05. The van der Waals surface area contributed by atoms with Crippen LogP contribution >= 0.6 is 0 Å². The summed E-state index contributed by atoms with van der Waals surface area (Å²) < 4.78 is 0. The highest BCUT2D eigenvalue weighted by Crippen LogP contribution is 2.37. The molecule has 3 rings (SSSR count). The Labute approximate surface area is 142 Å². The van der Waals surface area contributed by atoms with Gasteiger partial charge >= 0.3 is 0 Å². The second-order valence-corrected chi connectivity index (χ2v) is 5.85. The SMILES string of the molecule is CC1=C(C#N)C(c2ccc(-c3ccccc3)cc2)C(C#N)=C(C)N1. The van der Waals surface area contributed by atoms with Crippen molar-refractivity contribution in [1.82, 2.24) is 5.32 Å². The summed E-state index contributed by atoms with van der Waals surface area (Å²) in [6.07, 6.45) is 0. The van der Waals surface area contributed by atoms with Crippen molar-refractivity contribution >= 4 is 0 Å². The van der Waals surface area contributed by atoms with Crippen LogP contribution in [-0.4, -0.2) is 0 Å². The molecule has 0 spiro atoms. The molecule has 1 aliphatic rings. The summed E-state index contributed by atoms with van der Waals surface area (Å²) >= 11 is 0. The van der Waals surface area contributed by atoms with Crippen LogP contribution in [0.15, 0.2) is 77.1 Å². The maximum absolute atomic E-state index is 9.55. The van der Waals surface area contributed by atoms with E-state index in [1.165, 1.54) is 0 Å². The Morgan fingerprint density at radius 1 is 0.750 bits per heavy atom. The average molecular weight is 311 g/mol. The van der Waals surface area contributed by atoms with E-state index in [9.17, 15) is 10.5 Å². The predicted molar refractivity (Wildman–Crippen MR) is 94.4 cm³/mol. The molecule has 1 heterocycles. The third-order valence-electron chi connectivity index (χ3n) is 4.35. The number of hydrogen-bond donors (Lipinski definition) is 1. The molecular weight excluding hydrogens is 294 g/mol. The minimum atomic E-state index is -0.300. The van der Waals surface area contributed by atoms with E-state index < -0.39 is 0 Å². The highest BCUT2D eigenvalue weighted by atomic mass is 14.9. The quantitative estimate of drug-likeness (QED) is 0.879. The average Bonchev–Trinajstić information content (AvgIpc) is 2.62. The van der Waals surface area contributed by atoms with Crippen LogP contribution < -0.4 is 5.32 Å². The van der Waals surface area contributed by atoms with Gasteiger partial charge in [-0.25, -0.2) is 0 Å². The van der Waals surface area contributed by atoms with Crippen LogP contribution in [0, 0.1) is 22.7 Å². The first-order valence-electron chi connectivity index (χ1n) is 7.80. The van der Waals surface area contributed by atoms with Crippen LogP contribution in [0.5, 0.6) is 0 Å². The normalized spacial score (nSPS) is 14.8. The molecule has 0 saturated carbocycles. The third kappa shape index (κ3) is 2.69. The number of nitriles is 2. The zero-order chi connectivity index (χ0) is 17.1. The molecule has 3 heteroatoms. The van der Waals surface area contributed by atoms with Gasteiger partial charge in [0.15, 0.2) is 0 Å². The second-order valence-electron chi connectivity index (χ2n) is 5.85. The molecule has 0 radical (unpaired) electrons. The largest absolute Gasteiger partial charge is 0.361 e. The van der Waals surface area contributed by atoms with Crippen LogP contribution in [-0.2, 0) is 0 Å². The van der Waals surface area contributed by atoms with Crippen molar-refractivity contribution in [3.63, 3.8) is 0 Å². The van der Waals surface area contributed by atoms with Crippen molar-refractivity contribution in [3.8, 4) is 23.3 Å². The van der Waals surface area contributed by atoms with E-state index in [4.69, 9.17) is 0 Å². The molecule has 0 aromatic heterocycles. The second kappa shape index (κ2) is 6.44. The lowest BCUT2D eigenvalue weighted by Crippen LogP contribution is -2.23. The van der Waals surface area contributed by atoms with Crippen LogP contribution in [0.2, 0.25) is 0 Å². The van der Waals surface area contributed by atoms with E-state index in [0.29, 0.717) is 11.1 Å². The van der Waals surface area contributed by atoms with Crippen molar-refractivity contribution in [3.05, 3.63) is 82.7 Å². The summed E-state index contributed by atoms with van der Waals surface area (Å²) in [5.74, 6) is -0.300. The van der Waals surface area contributed by atoms with Crippen LogP contribution in [0.1, 0.15) is 25.3 Å². The number of hydrogen-bond acceptors (Lipinski definition) is 3. The lowest BCUT2D eigenvalue weighted by Gasteiger charge is -2.26. The standard InChI is InChI=1S/C21H17N3/c1-14-19(12-22)21(20(13-23)15(2)24-14)18-10-8-17(9-11-18)16-6-4-3-5-7-16/h3-11,21,24H,1-2H3. The van der Waals surface area contributed by atoms with Crippen molar-refractivity contribution in [1.29, 1.82) is 10.5 Å². The number of dihydropyridines is 1.